The second kappa shape index (κ2) is 8.01. The first-order valence-corrected chi connectivity index (χ1v) is 7.49. The number of benzene rings is 1. The lowest BCUT2D eigenvalue weighted by molar-refractivity contribution is 0.404. The molecule has 0 aliphatic rings. The number of aromatic nitrogens is 1. The number of ether oxygens (including phenoxy) is 1. The van der Waals surface area contributed by atoms with E-state index < -0.39 is 0 Å². The van der Waals surface area contributed by atoms with Crippen LogP contribution in [0.2, 0.25) is 5.02 Å². The third-order valence-corrected chi connectivity index (χ3v) is 3.86. The molecule has 0 radical (unpaired) electrons. The van der Waals surface area contributed by atoms with Crippen molar-refractivity contribution in [2.75, 3.05) is 14.2 Å². The number of nitrogens with one attached hydrogen (secondary N) is 1. The molecule has 2 aromatic rings. The maximum atomic E-state index is 6.09. The van der Waals surface area contributed by atoms with Crippen LogP contribution in [0.15, 0.2) is 42.7 Å². The van der Waals surface area contributed by atoms with E-state index in [1.54, 1.807) is 13.3 Å². The van der Waals surface area contributed by atoms with Crippen LogP contribution in [0, 0.1) is 0 Å². The number of hydrogen-bond acceptors (Lipinski definition) is 3. The highest BCUT2D eigenvalue weighted by atomic mass is 35.5. The molecular weight excluding hydrogens is 284 g/mol. The Balaban J connectivity index is 2.00. The molecule has 0 amide bonds. The van der Waals surface area contributed by atoms with Crippen molar-refractivity contribution in [2.45, 2.75) is 25.3 Å². The molecule has 0 fully saturated rings. The summed E-state index contributed by atoms with van der Waals surface area (Å²) in [5, 5.41) is 4.12. The van der Waals surface area contributed by atoms with Crippen molar-refractivity contribution < 1.29 is 4.74 Å². The predicted octanol–water partition coefficient (Wildman–Crippen LogP) is 3.51. The van der Waals surface area contributed by atoms with Crippen LogP contribution in [0.1, 0.15) is 17.5 Å². The van der Waals surface area contributed by atoms with Gasteiger partial charge in [0, 0.05) is 23.5 Å². The summed E-state index contributed by atoms with van der Waals surface area (Å²) in [4.78, 5) is 4.15. The zero-order valence-electron chi connectivity index (χ0n) is 12.5. The second-order valence-corrected chi connectivity index (χ2v) is 5.48. The van der Waals surface area contributed by atoms with Gasteiger partial charge in [-0.1, -0.05) is 17.7 Å². The molecule has 1 unspecified atom stereocenters. The fraction of sp³-hybridized carbons (Fsp3) is 0.353. The van der Waals surface area contributed by atoms with Gasteiger partial charge in [-0.2, -0.15) is 0 Å². The summed E-state index contributed by atoms with van der Waals surface area (Å²) in [6.07, 6.45) is 6.66. The van der Waals surface area contributed by atoms with E-state index in [2.05, 4.69) is 16.4 Å². The molecule has 1 atom stereocenters. The average Bonchev–Trinajstić information content (AvgIpc) is 2.52. The van der Waals surface area contributed by atoms with E-state index in [9.17, 15) is 0 Å². The lowest BCUT2D eigenvalue weighted by Crippen LogP contribution is -2.28. The van der Waals surface area contributed by atoms with Gasteiger partial charge >= 0.3 is 0 Å². The lowest BCUT2D eigenvalue weighted by atomic mass is 9.99. The Morgan fingerprint density at radius 1 is 1.33 bits per heavy atom. The molecule has 112 valence electrons. The van der Waals surface area contributed by atoms with Gasteiger partial charge in [-0.05, 0) is 61.7 Å². The van der Waals surface area contributed by atoms with Gasteiger partial charge in [-0.15, -0.1) is 0 Å². The molecule has 4 heteroatoms. The Morgan fingerprint density at radius 2 is 2.19 bits per heavy atom. The van der Waals surface area contributed by atoms with Crippen molar-refractivity contribution in [3.63, 3.8) is 0 Å². The Bertz CT molecular complexity index is 560. The van der Waals surface area contributed by atoms with Crippen LogP contribution in [-0.2, 0) is 12.8 Å². The Kier molecular flexibility index (Phi) is 6.03. The monoisotopic (exact) mass is 304 g/mol. The van der Waals surface area contributed by atoms with E-state index >= 15 is 0 Å². The van der Waals surface area contributed by atoms with Crippen LogP contribution in [0.3, 0.4) is 0 Å². The van der Waals surface area contributed by atoms with Crippen molar-refractivity contribution in [1.29, 1.82) is 0 Å². The van der Waals surface area contributed by atoms with Crippen LogP contribution in [-0.4, -0.2) is 25.2 Å². The first kappa shape index (κ1) is 15.8. The predicted molar refractivity (Wildman–Crippen MR) is 87.1 cm³/mol. The van der Waals surface area contributed by atoms with Gasteiger partial charge in [0.05, 0.1) is 7.11 Å². The zero-order valence-corrected chi connectivity index (χ0v) is 13.2. The molecule has 1 aromatic carbocycles. The maximum Gasteiger partial charge on any atom is 0.122 e. The van der Waals surface area contributed by atoms with Gasteiger partial charge in [-0.25, -0.2) is 0 Å². The van der Waals surface area contributed by atoms with E-state index in [4.69, 9.17) is 16.3 Å². The molecule has 1 heterocycles. The van der Waals surface area contributed by atoms with E-state index in [1.165, 1.54) is 5.56 Å². The fourth-order valence-corrected chi connectivity index (χ4v) is 2.60. The number of methoxy groups -OCH3 is 1. The average molecular weight is 305 g/mol. The van der Waals surface area contributed by atoms with Gasteiger partial charge in [0.15, 0.2) is 0 Å². The van der Waals surface area contributed by atoms with Crippen molar-refractivity contribution in [3.8, 4) is 5.75 Å². The largest absolute Gasteiger partial charge is 0.496 e. The number of nitrogens with zero attached hydrogens (tertiary/aromatic N) is 1. The molecular formula is C17H21ClN2O. The molecule has 0 aliphatic carbocycles. The normalized spacial score (nSPS) is 12.1. The summed E-state index contributed by atoms with van der Waals surface area (Å²) >= 11 is 6.09. The summed E-state index contributed by atoms with van der Waals surface area (Å²) in [5.41, 5.74) is 2.39. The van der Waals surface area contributed by atoms with Crippen molar-refractivity contribution in [1.82, 2.24) is 10.3 Å². The number of aryl methyl sites for hydroxylation is 1. The molecule has 0 bridgehead atoms. The van der Waals surface area contributed by atoms with Crippen LogP contribution in [0.4, 0.5) is 0 Å². The van der Waals surface area contributed by atoms with Gasteiger partial charge in [0.25, 0.3) is 0 Å². The van der Waals surface area contributed by atoms with Gasteiger partial charge in [0.2, 0.25) is 0 Å². The SMILES string of the molecule is CNC(CCc1cccnc1)Cc1cc(Cl)ccc1OC. The first-order chi connectivity index (χ1) is 10.2. The molecule has 0 saturated carbocycles. The zero-order chi connectivity index (χ0) is 15.1. The number of rotatable bonds is 7. The maximum absolute atomic E-state index is 6.09. The van der Waals surface area contributed by atoms with Crippen LogP contribution < -0.4 is 10.1 Å². The fourth-order valence-electron chi connectivity index (χ4n) is 2.41. The molecule has 21 heavy (non-hydrogen) atoms. The summed E-state index contributed by atoms with van der Waals surface area (Å²) < 4.78 is 5.41. The van der Waals surface area contributed by atoms with Crippen molar-refractivity contribution >= 4 is 11.6 Å². The molecule has 1 N–H and O–H groups in total. The van der Waals surface area contributed by atoms with E-state index in [0.29, 0.717) is 6.04 Å². The quantitative estimate of drug-likeness (QED) is 0.850. The van der Waals surface area contributed by atoms with Crippen molar-refractivity contribution in [2.24, 2.45) is 0 Å². The molecule has 3 nitrogen and oxygen atoms in total. The summed E-state index contributed by atoms with van der Waals surface area (Å²) in [6, 6.07) is 10.2. The number of hydrogen-bond donors (Lipinski definition) is 1. The van der Waals surface area contributed by atoms with E-state index in [-0.39, 0.29) is 0 Å². The Hall–Kier alpha value is -1.58. The highest BCUT2D eigenvalue weighted by molar-refractivity contribution is 6.30. The van der Waals surface area contributed by atoms with Crippen molar-refractivity contribution in [3.05, 3.63) is 58.9 Å². The highest BCUT2D eigenvalue weighted by Gasteiger charge is 2.12. The van der Waals surface area contributed by atoms with Gasteiger partial charge in [-0.3, -0.25) is 4.98 Å². The second-order valence-electron chi connectivity index (χ2n) is 5.05. The number of pyridine rings is 1. The molecule has 1 aromatic heterocycles. The van der Waals surface area contributed by atoms with Gasteiger partial charge in [0.1, 0.15) is 5.75 Å². The summed E-state index contributed by atoms with van der Waals surface area (Å²) in [5.74, 6) is 0.890. The first-order valence-electron chi connectivity index (χ1n) is 7.11. The minimum absolute atomic E-state index is 0.373. The third-order valence-electron chi connectivity index (χ3n) is 3.62. The minimum atomic E-state index is 0.373. The smallest absolute Gasteiger partial charge is 0.122 e. The van der Waals surface area contributed by atoms with Crippen LogP contribution in [0.5, 0.6) is 5.75 Å². The molecule has 0 saturated heterocycles. The van der Waals surface area contributed by atoms with E-state index in [1.807, 2.05) is 37.5 Å². The van der Waals surface area contributed by atoms with E-state index in [0.717, 1.165) is 35.6 Å². The standard InChI is InChI=1S/C17H21ClN2O/c1-19-16(7-5-13-4-3-9-20-12-13)11-14-10-15(18)6-8-17(14)21-2/h3-4,6,8-10,12,16,19H,5,7,11H2,1-2H3. The number of halogens is 1. The summed E-state index contributed by atoms with van der Waals surface area (Å²) in [6.45, 7) is 0. The summed E-state index contributed by atoms with van der Waals surface area (Å²) in [7, 11) is 3.68. The third kappa shape index (κ3) is 4.73. The van der Waals surface area contributed by atoms with Crippen LogP contribution >= 0.6 is 11.6 Å². The molecule has 2 rings (SSSR count). The Morgan fingerprint density at radius 3 is 2.86 bits per heavy atom. The lowest BCUT2D eigenvalue weighted by Gasteiger charge is -2.18. The minimum Gasteiger partial charge on any atom is -0.496 e. The number of likely N-dealkylation sites (N-methyl/N-ethyl adjacent to an activating group) is 1. The Labute approximate surface area is 131 Å². The molecule has 0 spiro atoms. The topological polar surface area (TPSA) is 34.2 Å². The molecule has 0 aliphatic heterocycles. The van der Waals surface area contributed by atoms with Gasteiger partial charge < -0.3 is 10.1 Å². The highest BCUT2D eigenvalue weighted by Crippen LogP contribution is 2.24. The van der Waals surface area contributed by atoms with Crippen LogP contribution in [0.25, 0.3) is 0 Å².